The van der Waals surface area contributed by atoms with Crippen LogP contribution in [-0.2, 0) is 0 Å². The number of hydrogen-bond acceptors (Lipinski definition) is 3. The highest BCUT2D eigenvalue weighted by Gasteiger charge is 2.17. The molecule has 2 rings (SSSR count). The first kappa shape index (κ1) is 11.3. The molecule has 0 amide bonds. The van der Waals surface area contributed by atoms with Crippen molar-refractivity contribution >= 4 is 16.7 Å². The van der Waals surface area contributed by atoms with Gasteiger partial charge >= 0.3 is 5.97 Å². The number of aromatic carboxylic acids is 1. The van der Waals surface area contributed by atoms with E-state index in [2.05, 4.69) is 0 Å². The van der Waals surface area contributed by atoms with Crippen molar-refractivity contribution in [1.82, 2.24) is 0 Å². The van der Waals surface area contributed by atoms with Crippen LogP contribution >= 0.6 is 0 Å². The molecule has 88 valence electrons. The summed E-state index contributed by atoms with van der Waals surface area (Å²) in [5.74, 6) is -2.61. The average Bonchev–Trinajstić information content (AvgIpc) is 2.27. The largest absolute Gasteiger partial charge is 0.870 e. The third kappa shape index (κ3) is 1.58. The third-order valence-electron chi connectivity index (χ3n) is 2.85. The lowest BCUT2D eigenvalue weighted by Crippen LogP contribution is -2.04. The van der Waals surface area contributed by atoms with Crippen molar-refractivity contribution < 1.29 is 20.1 Å². The molecule has 0 spiro atoms. The lowest BCUT2D eigenvalue weighted by Gasteiger charge is -2.18. The fourth-order valence-electron chi connectivity index (χ4n) is 1.94. The Morgan fingerprint density at radius 1 is 1.24 bits per heavy atom. The lowest BCUT2D eigenvalue weighted by molar-refractivity contribution is -0.270. The van der Waals surface area contributed by atoms with E-state index in [1.807, 2.05) is 6.92 Å². The molecule has 0 unspecified atom stereocenters. The van der Waals surface area contributed by atoms with Gasteiger partial charge in [0.1, 0.15) is 11.3 Å². The standard InChI is InChI=1S/C13H12O4/c1-6-3-4-8-9(5-6)7(2)11(14)12(15)10(8)13(16)17/h3-5,14-15H,1-2H3,(H,16,17)/p-1. The van der Waals surface area contributed by atoms with Crippen LogP contribution in [0.2, 0.25) is 0 Å². The Kier molecular flexibility index (Phi) is 2.42. The zero-order valence-corrected chi connectivity index (χ0v) is 9.44. The summed E-state index contributed by atoms with van der Waals surface area (Å²) in [5, 5.41) is 31.3. The van der Waals surface area contributed by atoms with Gasteiger partial charge in [0.05, 0.1) is 0 Å². The van der Waals surface area contributed by atoms with E-state index in [4.69, 9.17) is 5.11 Å². The van der Waals surface area contributed by atoms with Crippen molar-refractivity contribution in [2.45, 2.75) is 13.8 Å². The van der Waals surface area contributed by atoms with Crippen LogP contribution in [0.15, 0.2) is 18.2 Å². The highest BCUT2D eigenvalue weighted by atomic mass is 16.4. The Morgan fingerprint density at radius 3 is 2.47 bits per heavy atom. The molecule has 0 atom stereocenters. The van der Waals surface area contributed by atoms with Gasteiger partial charge in [-0.25, -0.2) is 4.79 Å². The molecule has 0 fully saturated rings. The lowest BCUT2D eigenvalue weighted by atomic mass is 9.96. The number of benzene rings is 2. The van der Waals surface area contributed by atoms with Gasteiger partial charge < -0.3 is 15.3 Å². The van der Waals surface area contributed by atoms with Gasteiger partial charge in [-0.15, -0.1) is 0 Å². The van der Waals surface area contributed by atoms with Gasteiger partial charge in [0.2, 0.25) is 0 Å². The summed E-state index contributed by atoms with van der Waals surface area (Å²) < 4.78 is 0. The van der Waals surface area contributed by atoms with Gasteiger partial charge in [0.25, 0.3) is 0 Å². The third-order valence-corrected chi connectivity index (χ3v) is 2.85. The molecule has 0 heterocycles. The van der Waals surface area contributed by atoms with Crippen molar-refractivity contribution in [3.63, 3.8) is 0 Å². The SMILES string of the molecule is Cc1ccc2c(C(=O)O)c(O)c([O-])c(C)c2c1. The number of fused-ring (bicyclic) bond motifs is 1. The van der Waals surface area contributed by atoms with Crippen LogP contribution in [0, 0.1) is 13.8 Å². The molecule has 4 nitrogen and oxygen atoms in total. The molecule has 0 aliphatic carbocycles. The van der Waals surface area contributed by atoms with E-state index in [0.717, 1.165) is 5.56 Å². The first-order valence-electron chi connectivity index (χ1n) is 5.09. The van der Waals surface area contributed by atoms with Crippen molar-refractivity contribution in [2.75, 3.05) is 0 Å². The normalized spacial score (nSPS) is 10.7. The Morgan fingerprint density at radius 2 is 1.88 bits per heavy atom. The smallest absolute Gasteiger partial charge is 0.340 e. The van der Waals surface area contributed by atoms with E-state index in [-0.39, 0.29) is 5.56 Å². The molecule has 0 saturated carbocycles. The van der Waals surface area contributed by atoms with Crippen LogP contribution in [0.5, 0.6) is 11.5 Å². The fraction of sp³-hybridized carbons (Fsp3) is 0.154. The van der Waals surface area contributed by atoms with E-state index >= 15 is 0 Å². The number of aromatic hydroxyl groups is 1. The molecule has 2 N–H and O–H groups in total. The zero-order chi connectivity index (χ0) is 12.7. The van der Waals surface area contributed by atoms with Gasteiger partial charge in [0, 0.05) is 5.39 Å². The fourth-order valence-corrected chi connectivity index (χ4v) is 1.94. The van der Waals surface area contributed by atoms with Crippen molar-refractivity contribution in [2.24, 2.45) is 0 Å². The number of carboxylic acids is 1. The summed E-state index contributed by atoms with van der Waals surface area (Å²) in [4.78, 5) is 11.1. The minimum Gasteiger partial charge on any atom is -0.870 e. The molecular formula is C13H11O4-. The molecule has 0 aromatic heterocycles. The Hall–Kier alpha value is -2.23. The molecule has 0 aliphatic rings. The van der Waals surface area contributed by atoms with E-state index in [1.165, 1.54) is 0 Å². The molecule has 4 heteroatoms. The van der Waals surface area contributed by atoms with Crippen molar-refractivity contribution in [1.29, 1.82) is 0 Å². The van der Waals surface area contributed by atoms with Gasteiger partial charge in [0.15, 0.2) is 0 Å². The van der Waals surface area contributed by atoms with Crippen LogP contribution in [0.4, 0.5) is 0 Å². The average molecular weight is 231 g/mol. The molecule has 2 aromatic rings. The Balaban J connectivity index is 3.04. The summed E-state index contributed by atoms with van der Waals surface area (Å²) in [6.07, 6.45) is 0. The molecule has 0 radical (unpaired) electrons. The first-order chi connectivity index (χ1) is 7.93. The van der Waals surface area contributed by atoms with E-state index in [9.17, 15) is 15.0 Å². The molecule has 0 saturated heterocycles. The maximum Gasteiger partial charge on any atom is 0.340 e. The highest BCUT2D eigenvalue weighted by molar-refractivity contribution is 6.08. The quantitative estimate of drug-likeness (QED) is 0.785. The molecule has 0 bridgehead atoms. The maximum absolute atomic E-state index is 11.7. The molecule has 17 heavy (non-hydrogen) atoms. The first-order valence-corrected chi connectivity index (χ1v) is 5.09. The number of carbonyl (C=O) groups is 1. The second-order valence-corrected chi connectivity index (χ2v) is 4.03. The minimum atomic E-state index is -1.30. The number of phenols is 1. The highest BCUT2D eigenvalue weighted by Crippen LogP contribution is 2.38. The number of hydrogen-bond donors (Lipinski definition) is 2. The maximum atomic E-state index is 11.7. The minimum absolute atomic E-state index is 0.324. The van der Waals surface area contributed by atoms with Crippen LogP contribution < -0.4 is 5.11 Å². The number of carboxylic acid groups (broad SMARTS) is 1. The molecule has 0 aliphatic heterocycles. The van der Waals surface area contributed by atoms with Gasteiger partial charge in [-0.1, -0.05) is 29.5 Å². The Labute approximate surface area is 97.8 Å². The second kappa shape index (κ2) is 3.66. The van der Waals surface area contributed by atoms with Crippen LogP contribution in [0.3, 0.4) is 0 Å². The van der Waals surface area contributed by atoms with Crippen LogP contribution in [0.1, 0.15) is 21.5 Å². The summed E-state index contributed by atoms with van der Waals surface area (Å²) in [6.45, 7) is 3.44. The van der Waals surface area contributed by atoms with Crippen LogP contribution in [-0.4, -0.2) is 16.2 Å². The van der Waals surface area contributed by atoms with Gasteiger partial charge in [-0.05, 0) is 24.8 Å². The van der Waals surface area contributed by atoms with E-state index in [1.54, 1.807) is 25.1 Å². The van der Waals surface area contributed by atoms with Crippen molar-refractivity contribution in [3.05, 3.63) is 34.9 Å². The van der Waals surface area contributed by atoms with E-state index < -0.39 is 17.5 Å². The Bertz CT molecular complexity index is 629. The second-order valence-electron chi connectivity index (χ2n) is 4.03. The number of aryl methyl sites for hydroxylation is 2. The summed E-state index contributed by atoms with van der Waals surface area (Å²) in [7, 11) is 0. The molecule has 2 aromatic carbocycles. The van der Waals surface area contributed by atoms with Crippen LogP contribution in [0.25, 0.3) is 10.8 Å². The van der Waals surface area contributed by atoms with E-state index in [0.29, 0.717) is 16.3 Å². The molecular weight excluding hydrogens is 220 g/mol. The topological polar surface area (TPSA) is 80.6 Å². The summed E-state index contributed by atoms with van der Waals surface area (Å²) in [6, 6.07) is 5.11. The summed E-state index contributed by atoms with van der Waals surface area (Å²) >= 11 is 0. The number of rotatable bonds is 1. The van der Waals surface area contributed by atoms with Gasteiger partial charge in [-0.2, -0.15) is 0 Å². The van der Waals surface area contributed by atoms with Crippen molar-refractivity contribution in [3.8, 4) is 11.5 Å². The predicted molar refractivity (Wildman–Crippen MR) is 61.5 cm³/mol. The monoisotopic (exact) mass is 231 g/mol. The summed E-state index contributed by atoms with van der Waals surface area (Å²) in [5.41, 5.74) is 0.976. The zero-order valence-electron chi connectivity index (χ0n) is 9.44. The van der Waals surface area contributed by atoms with Gasteiger partial charge in [-0.3, -0.25) is 0 Å². The predicted octanol–water partition coefficient (Wildman–Crippen LogP) is 1.93.